The molecule has 0 aromatic heterocycles. The van der Waals surface area contributed by atoms with Crippen LogP contribution < -0.4 is 9.47 Å². The topological polar surface area (TPSA) is 55.8 Å². The molecule has 5 heteroatoms. The molecule has 4 nitrogen and oxygen atoms in total. The summed E-state index contributed by atoms with van der Waals surface area (Å²) in [4.78, 5) is 11.2. The number of ether oxygens (including phenoxy) is 2. The van der Waals surface area contributed by atoms with Crippen LogP contribution in [0.4, 0.5) is 0 Å². The highest BCUT2D eigenvalue weighted by molar-refractivity contribution is 6.30. The molecule has 2 rings (SSSR count). The maximum Gasteiger partial charge on any atom is 0.347 e. The van der Waals surface area contributed by atoms with Crippen molar-refractivity contribution in [2.45, 2.75) is 32.8 Å². The summed E-state index contributed by atoms with van der Waals surface area (Å²) in [6.45, 7) is 5.33. The van der Waals surface area contributed by atoms with Crippen molar-refractivity contribution in [3.8, 4) is 23.3 Å². The smallest absolute Gasteiger partial charge is 0.347 e. The van der Waals surface area contributed by atoms with Crippen LogP contribution >= 0.6 is 11.6 Å². The van der Waals surface area contributed by atoms with Crippen LogP contribution in [0, 0.1) is 18.8 Å². The Morgan fingerprint density at radius 3 is 2.50 bits per heavy atom. The predicted molar refractivity (Wildman–Crippen MR) is 102 cm³/mol. The molecule has 136 valence electrons. The average Bonchev–Trinajstić information content (AvgIpc) is 2.58. The maximum absolute atomic E-state index is 11.2. The molecule has 0 amide bonds. The molecule has 0 saturated heterocycles. The Morgan fingerprint density at radius 1 is 1.19 bits per heavy atom. The van der Waals surface area contributed by atoms with Gasteiger partial charge in [-0.2, -0.15) is 0 Å². The van der Waals surface area contributed by atoms with E-state index in [1.807, 2.05) is 25.1 Å². The minimum atomic E-state index is -1.29. The summed E-state index contributed by atoms with van der Waals surface area (Å²) in [7, 11) is 0. The molecule has 2 aromatic carbocycles. The number of aliphatic carboxylic acids is 1. The first-order valence-electron chi connectivity index (χ1n) is 8.18. The van der Waals surface area contributed by atoms with Gasteiger partial charge in [0.05, 0.1) is 6.61 Å². The van der Waals surface area contributed by atoms with E-state index in [0.717, 1.165) is 11.1 Å². The third-order valence-corrected chi connectivity index (χ3v) is 3.85. The van der Waals surface area contributed by atoms with Gasteiger partial charge in [-0.3, -0.25) is 0 Å². The van der Waals surface area contributed by atoms with Gasteiger partial charge in [0.15, 0.2) is 5.60 Å². The van der Waals surface area contributed by atoms with Gasteiger partial charge in [0.1, 0.15) is 11.5 Å². The van der Waals surface area contributed by atoms with Crippen LogP contribution in [0.25, 0.3) is 0 Å². The summed E-state index contributed by atoms with van der Waals surface area (Å²) in [5, 5.41) is 9.83. The van der Waals surface area contributed by atoms with Gasteiger partial charge in [-0.25, -0.2) is 4.79 Å². The van der Waals surface area contributed by atoms with E-state index in [1.165, 1.54) is 13.8 Å². The van der Waals surface area contributed by atoms with Crippen molar-refractivity contribution >= 4 is 17.6 Å². The first-order chi connectivity index (χ1) is 12.3. The van der Waals surface area contributed by atoms with Crippen molar-refractivity contribution in [3.05, 3.63) is 58.6 Å². The quantitative estimate of drug-likeness (QED) is 0.589. The highest BCUT2D eigenvalue weighted by Crippen LogP contribution is 2.27. The largest absolute Gasteiger partial charge is 0.493 e. The van der Waals surface area contributed by atoms with Gasteiger partial charge < -0.3 is 14.6 Å². The lowest BCUT2D eigenvalue weighted by Crippen LogP contribution is -2.38. The fourth-order valence-electron chi connectivity index (χ4n) is 2.06. The Bertz CT molecular complexity index is 829. The van der Waals surface area contributed by atoms with Gasteiger partial charge in [-0.1, -0.05) is 23.4 Å². The predicted octanol–water partition coefficient (Wildman–Crippen LogP) is 4.71. The second-order valence-corrected chi connectivity index (χ2v) is 6.69. The minimum absolute atomic E-state index is 0.459. The lowest BCUT2D eigenvalue weighted by atomic mass is 10.1. The monoisotopic (exact) mass is 372 g/mol. The van der Waals surface area contributed by atoms with Crippen LogP contribution in [-0.4, -0.2) is 23.3 Å². The standard InChI is InChI=1S/C21H21ClO4/c1-15-14-18(11-12-19(15)26-21(2,3)20(23)24)25-13-5-4-6-16-7-9-17(22)10-8-16/h7-12,14H,5,13H2,1-3H3,(H,23,24). The van der Waals surface area contributed by atoms with Crippen molar-refractivity contribution in [1.29, 1.82) is 0 Å². The number of halogens is 1. The number of carboxylic acids is 1. The lowest BCUT2D eigenvalue weighted by Gasteiger charge is -2.23. The molecule has 0 aliphatic carbocycles. The van der Waals surface area contributed by atoms with Gasteiger partial charge >= 0.3 is 5.97 Å². The van der Waals surface area contributed by atoms with E-state index in [4.69, 9.17) is 26.2 Å². The van der Waals surface area contributed by atoms with Gasteiger partial charge in [-0.05, 0) is 68.8 Å². The second-order valence-electron chi connectivity index (χ2n) is 6.25. The maximum atomic E-state index is 11.2. The molecule has 0 aliphatic heterocycles. The number of benzene rings is 2. The normalized spacial score (nSPS) is 10.6. The number of aryl methyl sites for hydroxylation is 1. The molecular weight excluding hydrogens is 352 g/mol. The summed E-state index contributed by atoms with van der Waals surface area (Å²) in [5.74, 6) is 6.30. The molecule has 0 fully saturated rings. The van der Waals surface area contributed by atoms with Crippen molar-refractivity contribution in [3.63, 3.8) is 0 Å². The van der Waals surface area contributed by atoms with Crippen molar-refractivity contribution in [1.82, 2.24) is 0 Å². The summed E-state index contributed by atoms with van der Waals surface area (Å²) in [6.07, 6.45) is 0.589. The number of carbonyl (C=O) groups is 1. The molecule has 0 aliphatic rings. The Balaban J connectivity index is 1.88. The highest BCUT2D eigenvalue weighted by Gasteiger charge is 2.29. The summed E-state index contributed by atoms with van der Waals surface area (Å²) in [6, 6.07) is 12.6. The fraction of sp³-hybridized carbons (Fsp3) is 0.286. The molecule has 0 saturated carbocycles. The van der Waals surface area contributed by atoms with Crippen LogP contribution in [0.15, 0.2) is 42.5 Å². The number of hydrogen-bond acceptors (Lipinski definition) is 3. The van der Waals surface area contributed by atoms with E-state index in [1.54, 1.807) is 24.3 Å². The van der Waals surface area contributed by atoms with Crippen LogP contribution in [0.3, 0.4) is 0 Å². The van der Waals surface area contributed by atoms with E-state index >= 15 is 0 Å². The molecule has 0 spiro atoms. The molecule has 2 aromatic rings. The third kappa shape index (κ3) is 5.72. The zero-order chi connectivity index (χ0) is 19.2. The Kier molecular flexibility index (Phi) is 6.54. The first kappa shape index (κ1) is 19.7. The Labute approximate surface area is 158 Å². The molecule has 1 N–H and O–H groups in total. The third-order valence-electron chi connectivity index (χ3n) is 3.60. The van der Waals surface area contributed by atoms with E-state index in [0.29, 0.717) is 29.5 Å². The SMILES string of the molecule is Cc1cc(OCCC#Cc2ccc(Cl)cc2)ccc1OC(C)(C)C(=O)O. The number of rotatable bonds is 6. The molecular formula is C21H21ClO4. The highest BCUT2D eigenvalue weighted by atomic mass is 35.5. The van der Waals surface area contributed by atoms with Crippen LogP contribution in [0.1, 0.15) is 31.4 Å². The number of carboxylic acid groups (broad SMARTS) is 1. The molecule has 0 radical (unpaired) electrons. The Morgan fingerprint density at radius 2 is 1.88 bits per heavy atom. The average molecular weight is 373 g/mol. The van der Waals surface area contributed by atoms with Crippen LogP contribution in [0.2, 0.25) is 5.02 Å². The van der Waals surface area contributed by atoms with Crippen molar-refractivity contribution in [2.75, 3.05) is 6.61 Å². The summed E-state index contributed by atoms with van der Waals surface area (Å²) < 4.78 is 11.2. The van der Waals surface area contributed by atoms with E-state index in [-0.39, 0.29) is 0 Å². The van der Waals surface area contributed by atoms with Crippen LogP contribution in [-0.2, 0) is 4.79 Å². The van der Waals surface area contributed by atoms with Gasteiger partial charge in [0.2, 0.25) is 0 Å². The molecule has 0 unspecified atom stereocenters. The van der Waals surface area contributed by atoms with Crippen LogP contribution in [0.5, 0.6) is 11.5 Å². The second kappa shape index (κ2) is 8.64. The van der Waals surface area contributed by atoms with Gasteiger partial charge in [0.25, 0.3) is 0 Å². The van der Waals surface area contributed by atoms with Crippen molar-refractivity contribution in [2.24, 2.45) is 0 Å². The Hall–Kier alpha value is -2.64. The molecule has 26 heavy (non-hydrogen) atoms. The number of hydrogen-bond donors (Lipinski definition) is 1. The van der Waals surface area contributed by atoms with E-state index in [9.17, 15) is 4.79 Å². The molecule has 0 atom stereocenters. The lowest BCUT2D eigenvalue weighted by molar-refractivity contribution is -0.152. The summed E-state index contributed by atoms with van der Waals surface area (Å²) in [5.41, 5.74) is 0.432. The summed E-state index contributed by atoms with van der Waals surface area (Å²) >= 11 is 5.83. The zero-order valence-corrected chi connectivity index (χ0v) is 15.8. The van der Waals surface area contributed by atoms with Gasteiger partial charge in [-0.15, -0.1) is 0 Å². The van der Waals surface area contributed by atoms with Gasteiger partial charge in [0, 0.05) is 17.0 Å². The fourth-order valence-corrected chi connectivity index (χ4v) is 2.19. The zero-order valence-electron chi connectivity index (χ0n) is 15.0. The molecule has 0 bridgehead atoms. The molecule has 0 heterocycles. The van der Waals surface area contributed by atoms with E-state index < -0.39 is 11.6 Å². The first-order valence-corrected chi connectivity index (χ1v) is 8.56. The van der Waals surface area contributed by atoms with Crippen molar-refractivity contribution < 1.29 is 19.4 Å². The van der Waals surface area contributed by atoms with E-state index in [2.05, 4.69) is 11.8 Å². The minimum Gasteiger partial charge on any atom is -0.493 e.